The van der Waals surface area contributed by atoms with Crippen LogP contribution in [-0.2, 0) is 4.43 Å². The van der Waals surface area contributed by atoms with E-state index < -0.39 is 14.4 Å². The molecule has 27 heavy (non-hydrogen) atoms. The zero-order valence-electron chi connectivity index (χ0n) is 14.7. The number of benzene rings is 2. The molecule has 3 rings (SSSR count). The summed E-state index contributed by atoms with van der Waals surface area (Å²) in [6, 6.07) is 19.9. The Morgan fingerprint density at radius 3 is 1.78 bits per heavy atom. The predicted molar refractivity (Wildman–Crippen MR) is 117 cm³/mol. The van der Waals surface area contributed by atoms with Gasteiger partial charge in [-0.25, -0.2) is 4.98 Å². The molecule has 0 saturated heterocycles. The minimum absolute atomic E-state index is 0.102. The van der Waals surface area contributed by atoms with Crippen LogP contribution in [0.2, 0.25) is 33.4 Å². The van der Waals surface area contributed by atoms with Crippen molar-refractivity contribution in [2.24, 2.45) is 0 Å². The van der Waals surface area contributed by atoms with Gasteiger partial charge in [0.25, 0.3) is 0 Å². The van der Waals surface area contributed by atoms with Crippen molar-refractivity contribution in [2.75, 3.05) is 0 Å². The maximum Gasteiger partial charge on any atom is 0.219 e. The van der Waals surface area contributed by atoms with Gasteiger partial charge in [-0.1, -0.05) is 107 Å². The standard InChI is InChI=1S/C20H17Cl4NOSi/c1-27(2,14-11-7-4-8-12-14)26-18(13-9-5-3-6-10-13)15-16(21)19(23)25-20(24)17(15)22/h3-12,18H,1-2H3/t18-/m1/s1. The van der Waals surface area contributed by atoms with Crippen LogP contribution in [0.3, 0.4) is 0 Å². The quantitative estimate of drug-likeness (QED) is 0.307. The van der Waals surface area contributed by atoms with Crippen LogP contribution in [0.4, 0.5) is 0 Å². The summed E-state index contributed by atoms with van der Waals surface area (Å²) in [5, 5.41) is 1.86. The molecule has 0 amide bonds. The Morgan fingerprint density at radius 1 is 0.778 bits per heavy atom. The zero-order chi connectivity index (χ0) is 19.6. The van der Waals surface area contributed by atoms with Crippen molar-refractivity contribution < 1.29 is 4.43 Å². The topological polar surface area (TPSA) is 22.1 Å². The van der Waals surface area contributed by atoms with E-state index in [9.17, 15) is 0 Å². The number of pyridine rings is 1. The fourth-order valence-corrected chi connectivity index (χ4v) is 5.77. The molecular weight excluding hydrogens is 440 g/mol. The molecule has 0 aliphatic carbocycles. The van der Waals surface area contributed by atoms with Crippen LogP contribution in [-0.4, -0.2) is 13.3 Å². The highest BCUT2D eigenvalue weighted by Crippen LogP contribution is 2.43. The normalized spacial score (nSPS) is 12.8. The fourth-order valence-electron chi connectivity index (χ4n) is 2.86. The Bertz CT molecular complexity index is 909. The minimum Gasteiger partial charge on any atom is -0.402 e. The van der Waals surface area contributed by atoms with Crippen LogP contribution in [0, 0.1) is 0 Å². The first-order valence-electron chi connectivity index (χ1n) is 8.29. The number of rotatable bonds is 5. The highest BCUT2D eigenvalue weighted by molar-refractivity contribution is 6.84. The molecule has 140 valence electrons. The molecule has 0 spiro atoms. The summed E-state index contributed by atoms with van der Waals surface area (Å²) in [5.74, 6) is 0. The molecule has 1 aromatic heterocycles. The Morgan fingerprint density at radius 2 is 1.26 bits per heavy atom. The third-order valence-electron chi connectivity index (χ3n) is 4.28. The zero-order valence-corrected chi connectivity index (χ0v) is 18.7. The first-order valence-corrected chi connectivity index (χ1v) is 12.7. The lowest BCUT2D eigenvalue weighted by molar-refractivity contribution is 0.243. The Kier molecular flexibility index (Phi) is 6.52. The first kappa shape index (κ1) is 20.7. The number of halogens is 4. The summed E-state index contributed by atoms with van der Waals surface area (Å²) in [4.78, 5) is 3.99. The molecule has 0 unspecified atom stereocenters. The molecule has 0 radical (unpaired) electrons. The average molecular weight is 457 g/mol. The van der Waals surface area contributed by atoms with E-state index in [1.54, 1.807) is 0 Å². The molecule has 1 heterocycles. The molecule has 0 fully saturated rings. The third kappa shape index (κ3) is 4.51. The first-order chi connectivity index (χ1) is 12.8. The van der Waals surface area contributed by atoms with Crippen LogP contribution in [0.5, 0.6) is 0 Å². The van der Waals surface area contributed by atoms with E-state index in [0.717, 1.165) is 10.8 Å². The highest BCUT2D eigenvalue weighted by atomic mass is 35.5. The summed E-state index contributed by atoms with van der Waals surface area (Å²) in [6.07, 6.45) is -0.522. The van der Waals surface area contributed by atoms with Crippen molar-refractivity contribution in [3.8, 4) is 0 Å². The molecule has 3 aromatic rings. The fraction of sp³-hybridized carbons (Fsp3) is 0.150. The van der Waals surface area contributed by atoms with Crippen molar-refractivity contribution in [3.05, 3.63) is 92.1 Å². The summed E-state index contributed by atoms with van der Waals surface area (Å²) in [6.45, 7) is 4.26. The van der Waals surface area contributed by atoms with Crippen LogP contribution >= 0.6 is 46.4 Å². The molecule has 2 nitrogen and oxygen atoms in total. The van der Waals surface area contributed by atoms with E-state index in [4.69, 9.17) is 50.8 Å². The Balaban J connectivity index is 2.15. The third-order valence-corrected chi connectivity index (χ3v) is 8.33. The van der Waals surface area contributed by atoms with Crippen LogP contribution in [0.1, 0.15) is 17.2 Å². The van der Waals surface area contributed by atoms with Crippen molar-refractivity contribution in [1.82, 2.24) is 4.98 Å². The molecule has 0 bridgehead atoms. The molecule has 7 heteroatoms. The van der Waals surface area contributed by atoms with E-state index in [1.165, 1.54) is 0 Å². The van der Waals surface area contributed by atoms with Gasteiger partial charge in [0.2, 0.25) is 8.32 Å². The van der Waals surface area contributed by atoms with E-state index in [2.05, 4.69) is 30.2 Å². The lowest BCUT2D eigenvalue weighted by Gasteiger charge is -2.31. The van der Waals surface area contributed by atoms with Gasteiger partial charge >= 0.3 is 0 Å². The van der Waals surface area contributed by atoms with Crippen molar-refractivity contribution in [2.45, 2.75) is 19.2 Å². The summed E-state index contributed by atoms with van der Waals surface area (Å²) in [7, 11) is -2.31. The maximum absolute atomic E-state index is 6.69. The molecule has 2 aromatic carbocycles. The molecular formula is C20H17Cl4NOSi. The number of nitrogens with zero attached hydrogens (tertiary/aromatic N) is 1. The molecule has 1 atom stereocenters. The minimum atomic E-state index is -2.31. The average Bonchev–Trinajstić information content (AvgIpc) is 2.67. The van der Waals surface area contributed by atoms with Gasteiger partial charge < -0.3 is 4.43 Å². The second kappa shape index (κ2) is 8.52. The largest absolute Gasteiger partial charge is 0.402 e. The van der Waals surface area contributed by atoms with E-state index >= 15 is 0 Å². The van der Waals surface area contributed by atoms with Gasteiger partial charge in [0.05, 0.1) is 16.1 Å². The Hall–Kier alpha value is -1.07. The van der Waals surface area contributed by atoms with E-state index in [-0.39, 0.29) is 20.4 Å². The molecule has 0 aliphatic heterocycles. The van der Waals surface area contributed by atoms with Gasteiger partial charge in [-0.2, -0.15) is 0 Å². The van der Waals surface area contributed by atoms with Gasteiger partial charge in [0.1, 0.15) is 10.3 Å². The molecule has 0 saturated carbocycles. The van der Waals surface area contributed by atoms with Gasteiger partial charge in [-0.15, -0.1) is 0 Å². The number of hydrogen-bond acceptors (Lipinski definition) is 2. The highest BCUT2D eigenvalue weighted by Gasteiger charge is 2.33. The second-order valence-corrected chi connectivity index (χ2v) is 11.8. The van der Waals surface area contributed by atoms with Gasteiger partial charge in [0, 0.05) is 5.56 Å². The van der Waals surface area contributed by atoms with Crippen molar-refractivity contribution in [1.29, 1.82) is 0 Å². The van der Waals surface area contributed by atoms with Crippen LogP contribution in [0.15, 0.2) is 60.7 Å². The molecule has 0 aliphatic rings. The predicted octanol–water partition coefficient (Wildman–Crippen LogP) is 6.91. The van der Waals surface area contributed by atoms with Crippen molar-refractivity contribution in [3.63, 3.8) is 0 Å². The summed E-state index contributed by atoms with van der Waals surface area (Å²) >= 11 is 25.3. The van der Waals surface area contributed by atoms with E-state index in [0.29, 0.717) is 5.56 Å². The van der Waals surface area contributed by atoms with Crippen LogP contribution in [0.25, 0.3) is 0 Å². The summed E-state index contributed by atoms with van der Waals surface area (Å²) in [5.41, 5.74) is 1.45. The smallest absolute Gasteiger partial charge is 0.219 e. The second-order valence-electron chi connectivity index (χ2n) is 6.52. The Labute approximate surface area is 180 Å². The lowest BCUT2D eigenvalue weighted by Crippen LogP contribution is -2.45. The molecule has 0 N–H and O–H groups in total. The van der Waals surface area contributed by atoms with Crippen LogP contribution < -0.4 is 5.19 Å². The van der Waals surface area contributed by atoms with Gasteiger partial charge in [-0.05, 0) is 23.8 Å². The lowest BCUT2D eigenvalue weighted by atomic mass is 10.0. The van der Waals surface area contributed by atoms with Crippen molar-refractivity contribution >= 4 is 59.9 Å². The van der Waals surface area contributed by atoms with Gasteiger partial charge in [0.15, 0.2) is 0 Å². The monoisotopic (exact) mass is 455 g/mol. The number of aromatic nitrogens is 1. The summed E-state index contributed by atoms with van der Waals surface area (Å²) < 4.78 is 6.69. The maximum atomic E-state index is 6.69. The SMILES string of the molecule is C[Si](C)(O[C@H](c1ccccc1)c1c(Cl)c(Cl)nc(Cl)c1Cl)c1ccccc1. The van der Waals surface area contributed by atoms with Gasteiger partial charge in [-0.3, -0.25) is 0 Å². The number of hydrogen-bond donors (Lipinski definition) is 0. The van der Waals surface area contributed by atoms with E-state index in [1.807, 2.05) is 48.5 Å².